The molecule has 8 nitrogen and oxygen atoms in total. The molecule has 0 saturated carbocycles. The first-order chi connectivity index (χ1) is 19.0. The molecule has 5 rings (SSSR count). The molecule has 202 valence electrons. The first-order valence-corrected chi connectivity index (χ1v) is 13.0. The summed E-state index contributed by atoms with van der Waals surface area (Å²) in [4.78, 5) is 30.6. The Labute approximate surface area is 228 Å². The lowest BCUT2D eigenvalue weighted by atomic mass is 9.94. The van der Waals surface area contributed by atoms with E-state index in [4.69, 9.17) is 14.2 Å². The van der Waals surface area contributed by atoms with Crippen LogP contribution in [0.2, 0.25) is 0 Å². The Balaban J connectivity index is 1.55. The molecule has 0 radical (unpaired) electrons. The summed E-state index contributed by atoms with van der Waals surface area (Å²) < 4.78 is 16.8. The van der Waals surface area contributed by atoms with Crippen molar-refractivity contribution in [1.82, 2.24) is 9.80 Å². The number of carbonyl (C=O) groups excluding carboxylic acids is 2. The molecule has 2 saturated heterocycles. The Hall–Kier alpha value is -4.14. The number of carbonyl (C=O) groups is 2. The number of para-hydroxylation sites is 1. The highest BCUT2D eigenvalue weighted by Gasteiger charge is 2.46. The molecule has 3 aromatic carbocycles. The molecule has 0 bridgehead atoms. The number of Topliss-reactive ketones (excluding diaryl/α,β-unsaturated/α-hetero) is 1. The van der Waals surface area contributed by atoms with Gasteiger partial charge in [-0.05, 0) is 60.5 Å². The van der Waals surface area contributed by atoms with E-state index in [0.717, 1.165) is 18.7 Å². The molecule has 1 atom stereocenters. The number of nitrogens with zero attached hydrogens (tertiary/aromatic N) is 2. The van der Waals surface area contributed by atoms with Gasteiger partial charge in [0.05, 0.1) is 31.9 Å². The minimum Gasteiger partial charge on any atom is -0.507 e. The molecule has 39 heavy (non-hydrogen) atoms. The van der Waals surface area contributed by atoms with Crippen molar-refractivity contribution in [2.24, 2.45) is 0 Å². The first-order valence-electron chi connectivity index (χ1n) is 13.0. The van der Waals surface area contributed by atoms with Crippen LogP contribution in [0.3, 0.4) is 0 Å². The molecular weight excluding hydrogens is 496 g/mol. The summed E-state index contributed by atoms with van der Waals surface area (Å²) in [6.45, 7) is 5.58. The number of morpholine rings is 1. The van der Waals surface area contributed by atoms with Crippen molar-refractivity contribution in [2.75, 3.05) is 46.5 Å². The average Bonchev–Trinajstić information content (AvgIpc) is 3.22. The van der Waals surface area contributed by atoms with E-state index in [0.29, 0.717) is 54.7 Å². The summed E-state index contributed by atoms with van der Waals surface area (Å²) in [5.74, 6) is 0.353. The van der Waals surface area contributed by atoms with Gasteiger partial charge in [-0.2, -0.15) is 0 Å². The molecule has 8 heteroatoms. The van der Waals surface area contributed by atoms with Gasteiger partial charge in [-0.3, -0.25) is 14.5 Å². The quantitative estimate of drug-likeness (QED) is 0.261. The Morgan fingerprint density at radius 3 is 2.41 bits per heavy atom. The van der Waals surface area contributed by atoms with Crippen LogP contribution in [-0.2, 0) is 14.3 Å². The molecule has 2 aliphatic heterocycles. The lowest BCUT2D eigenvalue weighted by molar-refractivity contribution is -0.140. The third-order valence-electron chi connectivity index (χ3n) is 7.12. The Morgan fingerprint density at radius 2 is 1.69 bits per heavy atom. The maximum absolute atomic E-state index is 13.5. The second-order valence-corrected chi connectivity index (χ2v) is 9.62. The first kappa shape index (κ1) is 26.5. The molecule has 2 fully saturated rings. The van der Waals surface area contributed by atoms with Crippen molar-refractivity contribution >= 4 is 17.4 Å². The van der Waals surface area contributed by atoms with E-state index in [9.17, 15) is 14.7 Å². The number of benzene rings is 3. The molecule has 2 aliphatic rings. The smallest absolute Gasteiger partial charge is 0.295 e. The number of hydrogen-bond acceptors (Lipinski definition) is 7. The van der Waals surface area contributed by atoms with Crippen LogP contribution in [-0.4, -0.2) is 73.1 Å². The number of likely N-dealkylation sites (tertiary alicyclic amines) is 1. The fourth-order valence-electron chi connectivity index (χ4n) is 5.09. The van der Waals surface area contributed by atoms with E-state index in [-0.39, 0.29) is 11.3 Å². The van der Waals surface area contributed by atoms with Crippen LogP contribution in [0.1, 0.15) is 22.7 Å². The van der Waals surface area contributed by atoms with E-state index in [1.165, 1.54) is 0 Å². The SMILES string of the molecule is COc1ccc(/C(O)=C2\C(=O)C(=O)N(CCN3CCOCC3)[C@H]2c2cccc(Oc3ccccc3)c2)cc1C. The van der Waals surface area contributed by atoms with E-state index in [1.807, 2.05) is 61.5 Å². The lowest BCUT2D eigenvalue weighted by Crippen LogP contribution is -2.42. The predicted octanol–water partition coefficient (Wildman–Crippen LogP) is 4.55. The van der Waals surface area contributed by atoms with Gasteiger partial charge in [0.15, 0.2) is 0 Å². The molecule has 0 unspecified atom stereocenters. The van der Waals surface area contributed by atoms with Gasteiger partial charge in [-0.1, -0.05) is 30.3 Å². The van der Waals surface area contributed by atoms with E-state index in [2.05, 4.69) is 4.90 Å². The third kappa shape index (κ3) is 5.67. The summed E-state index contributed by atoms with van der Waals surface area (Å²) in [5, 5.41) is 11.4. The van der Waals surface area contributed by atoms with E-state index < -0.39 is 17.7 Å². The number of aliphatic hydroxyl groups excluding tert-OH is 1. The van der Waals surface area contributed by atoms with Crippen LogP contribution in [0.5, 0.6) is 17.2 Å². The second kappa shape index (κ2) is 11.7. The molecular formula is C31H32N2O6. The van der Waals surface area contributed by atoms with Crippen molar-refractivity contribution in [3.63, 3.8) is 0 Å². The van der Waals surface area contributed by atoms with Crippen LogP contribution in [0.4, 0.5) is 0 Å². The number of amides is 1. The monoisotopic (exact) mass is 528 g/mol. The predicted molar refractivity (Wildman–Crippen MR) is 147 cm³/mol. The molecule has 0 aliphatic carbocycles. The van der Waals surface area contributed by atoms with Gasteiger partial charge >= 0.3 is 0 Å². The van der Waals surface area contributed by atoms with Crippen molar-refractivity contribution in [3.8, 4) is 17.2 Å². The fraction of sp³-hybridized carbons (Fsp3) is 0.290. The van der Waals surface area contributed by atoms with Crippen molar-refractivity contribution in [1.29, 1.82) is 0 Å². The number of hydrogen-bond donors (Lipinski definition) is 1. The van der Waals surface area contributed by atoms with Crippen LogP contribution in [0.15, 0.2) is 78.4 Å². The molecule has 2 heterocycles. The van der Waals surface area contributed by atoms with Gasteiger partial charge < -0.3 is 24.2 Å². The summed E-state index contributed by atoms with van der Waals surface area (Å²) in [5.41, 5.74) is 1.99. The normalized spacial score (nSPS) is 19.3. The number of aliphatic hydroxyl groups is 1. The zero-order valence-electron chi connectivity index (χ0n) is 22.1. The Morgan fingerprint density at radius 1 is 0.949 bits per heavy atom. The largest absolute Gasteiger partial charge is 0.507 e. The summed E-state index contributed by atoms with van der Waals surface area (Å²) in [6.07, 6.45) is 0. The molecule has 1 N–H and O–H groups in total. The van der Waals surface area contributed by atoms with Gasteiger partial charge in [0, 0.05) is 31.7 Å². The summed E-state index contributed by atoms with van der Waals surface area (Å²) in [7, 11) is 1.58. The summed E-state index contributed by atoms with van der Waals surface area (Å²) in [6, 6.07) is 21.1. The van der Waals surface area contributed by atoms with Gasteiger partial charge in [0.2, 0.25) is 0 Å². The minimum absolute atomic E-state index is 0.0587. The van der Waals surface area contributed by atoms with Crippen LogP contribution in [0.25, 0.3) is 5.76 Å². The van der Waals surface area contributed by atoms with Gasteiger partial charge in [0.1, 0.15) is 23.0 Å². The summed E-state index contributed by atoms with van der Waals surface area (Å²) >= 11 is 0. The number of methoxy groups -OCH3 is 1. The maximum atomic E-state index is 13.5. The van der Waals surface area contributed by atoms with Crippen LogP contribution < -0.4 is 9.47 Å². The zero-order valence-corrected chi connectivity index (χ0v) is 22.1. The van der Waals surface area contributed by atoms with Gasteiger partial charge in [0.25, 0.3) is 11.7 Å². The molecule has 3 aromatic rings. The van der Waals surface area contributed by atoms with Crippen LogP contribution in [0, 0.1) is 6.92 Å². The lowest BCUT2D eigenvalue weighted by Gasteiger charge is -2.31. The molecule has 0 aromatic heterocycles. The molecule has 1 amide bonds. The number of ketones is 1. The van der Waals surface area contributed by atoms with Gasteiger partial charge in [-0.15, -0.1) is 0 Å². The standard InChI is InChI=1S/C31H32N2O6/c1-21-19-23(11-12-26(21)37-2)29(34)27-28(22-7-6-10-25(20-22)39-24-8-4-3-5-9-24)33(31(36)30(27)35)14-13-32-15-17-38-18-16-32/h3-12,19-20,28,34H,13-18H2,1-2H3/b29-27+/t28-/m0/s1. The topological polar surface area (TPSA) is 88.5 Å². The van der Waals surface area contributed by atoms with Crippen LogP contribution >= 0.6 is 0 Å². The van der Waals surface area contributed by atoms with Crippen molar-refractivity contribution < 1.29 is 28.9 Å². The minimum atomic E-state index is -0.771. The highest BCUT2D eigenvalue weighted by atomic mass is 16.5. The second-order valence-electron chi connectivity index (χ2n) is 9.62. The van der Waals surface area contributed by atoms with Crippen molar-refractivity contribution in [2.45, 2.75) is 13.0 Å². The fourth-order valence-corrected chi connectivity index (χ4v) is 5.09. The highest BCUT2D eigenvalue weighted by molar-refractivity contribution is 6.46. The number of rotatable bonds is 8. The van der Waals surface area contributed by atoms with Gasteiger partial charge in [-0.25, -0.2) is 0 Å². The molecule has 0 spiro atoms. The maximum Gasteiger partial charge on any atom is 0.295 e. The third-order valence-corrected chi connectivity index (χ3v) is 7.12. The Bertz CT molecular complexity index is 1380. The van der Waals surface area contributed by atoms with Crippen molar-refractivity contribution in [3.05, 3.63) is 95.1 Å². The average molecular weight is 529 g/mol. The highest BCUT2D eigenvalue weighted by Crippen LogP contribution is 2.41. The Kier molecular flexibility index (Phi) is 7.95. The number of ether oxygens (including phenoxy) is 3. The van der Waals surface area contributed by atoms with E-state index >= 15 is 0 Å². The number of aryl methyl sites for hydroxylation is 1. The van der Waals surface area contributed by atoms with E-state index in [1.54, 1.807) is 30.2 Å². The zero-order chi connectivity index (χ0) is 27.4.